The third-order valence-corrected chi connectivity index (χ3v) is 6.89. The summed E-state index contributed by atoms with van der Waals surface area (Å²) >= 11 is 0. The van der Waals surface area contributed by atoms with E-state index in [0.717, 1.165) is 47.5 Å². The molecule has 0 atom stereocenters. The number of aromatic hydroxyl groups is 2. The summed E-state index contributed by atoms with van der Waals surface area (Å²) in [5, 5.41) is 30.3. The number of nitrogens with zero attached hydrogens (tertiary/aromatic N) is 1. The van der Waals surface area contributed by atoms with Crippen LogP contribution in [0.3, 0.4) is 0 Å². The van der Waals surface area contributed by atoms with Crippen LogP contribution in [-0.4, -0.2) is 28.4 Å². The van der Waals surface area contributed by atoms with E-state index in [1.807, 2.05) is 48.6 Å². The fourth-order valence-electron chi connectivity index (χ4n) is 4.81. The zero-order chi connectivity index (χ0) is 28.1. The van der Waals surface area contributed by atoms with Crippen molar-refractivity contribution in [2.45, 2.75) is 19.8 Å². The Bertz CT molecular complexity index is 1610. The number of carbonyl (C=O) groups is 1. The minimum absolute atomic E-state index is 0.134. The van der Waals surface area contributed by atoms with Crippen LogP contribution in [-0.2, 0) is 11.2 Å². The van der Waals surface area contributed by atoms with Crippen LogP contribution in [0.5, 0.6) is 11.5 Å². The second-order valence-corrected chi connectivity index (χ2v) is 9.82. The van der Waals surface area contributed by atoms with Crippen molar-refractivity contribution in [3.8, 4) is 11.5 Å². The van der Waals surface area contributed by atoms with Gasteiger partial charge in [0.1, 0.15) is 0 Å². The number of benzene rings is 4. The molecule has 0 radical (unpaired) electrons. The molecule has 6 heteroatoms. The highest BCUT2D eigenvalue weighted by atomic mass is 16.3. The molecule has 0 spiro atoms. The molecule has 0 aliphatic carbocycles. The van der Waals surface area contributed by atoms with Gasteiger partial charge < -0.3 is 25.8 Å². The molecule has 4 aromatic carbocycles. The van der Waals surface area contributed by atoms with Crippen LogP contribution in [0, 0.1) is 5.41 Å². The summed E-state index contributed by atoms with van der Waals surface area (Å²) < 4.78 is 0. The number of nitrogens with one attached hydrogen (secondary N) is 2. The molecule has 4 N–H and O–H groups in total. The molecule has 4 aromatic rings. The summed E-state index contributed by atoms with van der Waals surface area (Å²) in [5.74, 6) is -0.570. The number of para-hydroxylation sites is 1. The maximum Gasteiger partial charge on any atom is 0.257 e. The molecule has 0 fully saturated rings. The first-order chi connectivity index (χ1) is 19.4. The smallest absolute Gasteiger partial charge is 0.257 e. The van der Waals surface area contributed by atoms with Gasteiger partial charge in [-0.05, 0) is 96.6 Å². The fourth-order valence-corrected chi connectivity index (χ4v) is 4.81. The Labute approximate surface area is 234 Å². The van der Waals surface area contributed by atoms with Crippen LogP contribution in [0.4, 0.5) is 17.1 Å². The van der Waals surface area contributed by atoms with Gasteiger partial charge >= 0.3 is 0 Å². The summed E-state index contributed by atoms with van der Waals surface area (Å²) in [6.07, 6.45) is 7.60. The Hall–Kier alpha value is -5.10. The topological polar surface area (TPSA) is 96.7 Å². The van der Waals surface area contributed by atoms with Gasteiger partial charge in [0, 0.05) is 29.3 Å². The molecular weight excluding hydrogens is 498 g/mol. The summed E-state index contributed by atoms with van der Waals surface area (Å²) in [4.78, 5) is 15.2. The van der Waals surface area contributed by atoms with E-state index in [9.17, 15) is 15.0 Å². The maximum absolute atomic E-state index is 12.9. The number of hydrogen-bond acceptors (Lipinski definition) is 5. The summed E-state index contributed by atoms with van der Waals surface area (Å²) in [7, 11) is 0. The number of aryl methyl sites for hydroxylation is 1. The van der Waals surface area contributed by atoms with Crippen LogP contribution in [0.15, 0.2) is 96.6 Å². The minimum atomic E-state index is -0.297. The molecule has 200 valence electrons. The predicted octanol–water partition coefficient (Wildman–Crippen LogP) is 7.41. The second kappa shape index (κ2) is 11.7. The first kappa shape index (κ1) is 26.5. The van der Waals surface area contributed by atoms with Crippen molar-refractivity contribution in [3.63, 3.8) is 0 Å². The Morgan fingerprint density at radius 2 is 1.55 bits per heavy atom. The first-order valence-electron chi connectivity index (χ1n) is 13.2. The Morgan fingerprint density at radius 3 is 2.27 bits per heavy atom. The van der Waals surface area contributed by atoms with E-state index < -0.39 is 0 Å². The minimum Gasteiger partial charge on any atom is -0.504 e. The van der Waals surface area contributed by atoms with Crippen molar-refractivity contribution in [1.82, 2.24) is 0 Å². The normalized spacial score (nSPS) is 13.2. The van der Waals surface area contributed by atoms with Crippen LogP contribution in [0.25, 0.3) is 18.2 Å². The van der Waals surface area contributed by atoms with Crippen molar-refractivity contribution < 1.29 is 15.0 Å². The van der Waals surface area contributed by atoms with Crippen molar-refractivity contribution in [2.24, 2.45) is 0 Å². The molecule has 1 heterocycles. The van der Waals surface area contributed by atoms with Gasteiger partial charge in [-0.2, -0.15) is 0 Å². The quantitative estimate of drug-likeness (QED) is 0.0867. The summed E-state index contributed by atoms with van der Waals surface area (Å²) in [6.45, 7) is 2.54. The largest absolute Gasteiger partial charge is 0.504 e. The number of phenols is 2. The average molecular weight is 530 g/mol. The van der Waals surface area contributed by atoms with E-state index in [0.29, 0.717) is 11.3 Å². The Morgan fingerprint density at radius 1 is 0.850 bits per heavy atom. The summed E-state index contributed by atoms with van der Waals surface area (Å²) in [6, 6.07) is 28.5. The number of hydrogen-bond donors (Lipinski definition) is 4. The lowest BCUT2D eigenvalue weighted by molar-refractivity contribution is -0.112. The first-order valence-corrected chi connectivity index (χ1v) is 13.2. The van der Waals surface area contributed by atoms with Gasteiger partial charge in [0.2, 0.25) is 0 Å². The predicted molar refractivity (Wildman–Crippen MR) is 163 cm³/mol. The van der Waals surface area contributed by atoms with Gasteiger partial charge in [-0.25, -0.2) is 0 Å². The standard InChI is InChI=1S/C34H31N3O3/c1-23(35)30(34(40)36-28-7-3-2-4-8-28)21-26-13-17-31-27(20-26)6-5-19-37(31)29-15-11-24(12-16-29)9-10-25-14-18-32(38)33(39)22-25/h2-4,7-18,20-22,35,38-39H,5-6,19H2,1H3,(H,36,40)/b10-9+,30-21-,35-23?. The molecule has 5 rings (SSSR count). The van der Waals surface area contributed by atoms with E-state index in [2.05, 4.69) is 46.6 Å². The fraction of sp³-hybridized carbons (Fsp3) is 0.118. The van der Waals surface area contributed by atoms with Crippen molar-refractivity contribution in [2.75, 3.05) is 16.8 Å². The highest BCUT2D eigenvalue weighted by Gasteiger charge is 2.19. The molecular formula is C34H31N3O3. The van der Waals surface area contributed by atoms with Gasteiger partial charge in [0.25, 0.3) is 5.91 Å². The average Bonchev–Trinajstić information content (AvgIpc) is 2.96. The van der Waals surface area contributed by atoms with Crippen LogP contribution in [0.2, 0.25) is 0 Å². The van der Waals surface area contributed by atoms with E-state index in [4.69, 9.17) is 5.41 Å². The third-order valence-electron chi connectivity index (χ3n) is 6.89. The van der Waals surface area contributed by atoms with Crippen molar-refractivity contribution in [3.05, 3.63) is 119 Å². The lowest BCUT2D eigenvalue weighted by atomic mass is 9.97. The SMILES string of the molecule is CC(=N)/C(=C/c1ccc2c(c1)CCCN2c1ccc(/C=C/c2ccc(O)c(O)c2)cc1)C(=O)Nc1ccccc1. The van der Waals surface area contributed by atoms with E-state index >= 15 is 0 Å². The van der Waals surface area contributed by atoms with Crippen LogP contribution < -0.4 is 10.2 Å². The number of rotatable bonds is 7. The van der Waals surface area contributed by atoms with Gasteiger partial charge in [-0.1, -0.05) is 54.6 Å². The molecule has 0 bridgehead atoms. The third kappa shape index (κ3) is 6.13. The molecule has 0 saturated carbocycles. The van der Waals surface area contributed by atoms with Gasteiger partial charge in [0.05, 0.1) is 5.57 Å². The van der Waals surface area contributed by atoms with E-state index in [-0.39, 0.29) is 23.1 Å². The summed E-state index contributed by atoms with van der Waals surface area (Å²) in [5.41, 5.74) is 7.42. The maximum atomic E-state index is 12.9. The van der Waals surface area contributed by atoms with Gasteiger partial charge in [0.15, 0.2) is 11.5 Å². The lowest BCUT2D eigenvalue weighted by Crippen LogP contribution is -2.24. The number of carbonyl (C=O) groups excluding carboxylic acids is 1. The molecule has 0 saturated heterocycles. The monoisotopic (exact) mass is 529 g/mol. The molecule has 1 amide bonds. The number of amides is 1. The number of fused-ring (bicyclic) bond motifs is 1. The zero-order valence-corrected chi connectivity index (χ0v) is 22.3. The number of phenolic OH excluding ortho intramolecular Hbond substituents is 2. The van der Waals surface area contributed by atoms with Gasteiger partial charge in [-0.15, -0.1) is 0 Å². The lowest BCUT2D eigenvalue weighted by Gasteiger charge is -2.31. The molecule has 0 aromatic heterocycles. The van der Waals surface area contributed by atoms with E-state index in [1.165, 1.54) is 17.7 Å². The molecule has 1 aliphatic heterocycles. The van der Waals surface area contributed by atoms with Crippen molar-refractivity contribution in [1.29, 1.82) is 5.41 Å². The molecule has 0 unspecified atom stereocenters. The van der Waals surface area contributed by atoms with Crippen LogP contribution >= 0.6 is 0 Å². The molecule has 40 heavy (non-hydrogen) atoms. The van der Waals surface area contributed by atoms with Gasteiger partial charge in [-0.3, -0.25) is 4.79 Å². The second-order valence-electron chi connectivity index (χ2n) is 9.82. The van der Waals surface area contributed by atoms with Crippen LogP contribution in [0.1, 0.15) is 35.6 Å². The highest BCUT2D eigenvalue weighted by molar-refractivity contribution is 6.26. The zero-order valence-electron chi connectivity index (χ0n) is 22.3. The highest BCUT2D eigenvalue weighted by Crippen LogP contribution is 2.35. The Balaban J connectivity index is 1.34. The molecule has 6 nitrogen and oxygen atoms in total. The van der Waals surface area contributed by atoms with Crippen molar-refractivity contribution >= 4 is 46.9 Å². The Kier molecular flexibility index (Phi) is 7.78. The number of anilines is 3. The van der Waals surface area contributed by atoms with E-state index in [1.54, 1.807) is 19.1 Å². The molecule has 1 aliphatic rings.